The minimum Gasteiger partial charge on any atom is -0.486 e. The lowest BCUT2D eigenvalue weighted by Gasteiger charge is -2.18. The number of nitrogens with one attached hydrogen (secondary N) is 1. The molecule has 2 heterocycles. The first-order chi connectivity index (χ1) is 10.7. The molecule has 0 spiro atoms. The molecular formula is C16H13N3O3. The van der Waals surface area contributed by atoms with Crippen LogP contribution in [0.5, 0.6) is 11.5 Å². The Hall–Kier alpha value is -3.07. The topological polar surface area (TPSA) is 88.0 Å². The van der Waals surface area contributed by atoms with Crippen molar-refractivity contribution in [2.45, 2.75) is 6.92 Å². The van der Waals surface area contributed by atoms with Gasteiger partial charge in [0.1, 0.15) is 24.8 Å². The summed E-state index contributed by atoms with van der Waals surface area (Å²) in [5.74, 6) is 1.44. The van der Waals surface area contributed by atoms with Gasteiger partial charge in [0.25, 0.3) is 5.56 Å². The van der Waals surface area contributed by atoms with Crippen LogP contribution in [0.3, 0.4) is 0 Å². The highest BCUT2D eigenvalue weighted by Gasteiger charge is 2.11. The molecule has 0 atom stereocenters. The maximum Gasteiger partial charge on any atom is 0.282 e. The molecule has 1 aromatic heterocycles. The third-order valence-corrected chi connectivity index (χ3v) is 3.38. The minimum absolute atomic E-state index is 0.0804. The predicted molar refractivity (Wildman–Crippen MR) is 80.7 cm³/mol. The van der Waals surface area contributed by atoms with Gasteiger partial charge < -0.3 is 9.47 Å². The first-order valence-corrected chi connectivity index (χ1v) is 6.76. The second kappa shape index (κ2) is 5.74. The Morgan fingerprint density at radius 3 is 2.82 bits per heavy atom. The summed E-state index contributed by atoms with van der Waals surface area (Å²) in [4.78, 5) is 11.5. The van der Waals surface area contributed by atoms with Gasteiger partial charge in [0, 0.05) is 0 Å². The van der Waals surface area contributed by atoms with Crippen LogP contribution in [0.25, 0.3) is 12.2 Å². The van der Waals surface area contributed by atoms with Gasteiger partial charge in [-0.2, -0.15) is 10.4 Å². The van der Waals surface area contributed by atoms with Crippen molar-refractivity contribution >= 4 is 12.2 Å². The predicted octanol–water partition coefficient (Wildman–Crippen LogP) is 1.89. The Labute approximate surface area is 126 Å². The van der Waals surface area contributed by atoms with Gasteiger partial charge in [-0.1, -0.05) is 12.1 Å². The number of rotatable bonds is 2. The summed E-state index contributed by atoms with van der Waals surface area (Å²) < 4.78 is 11.0. The van der Waals surface area contributed by atoms with Gasteiger partial charge in [0.2, 0.25) is 0 Å². The Bertz CT molecular complexity index is 847. The van der Waals surface area contributed by atoms with Crippen molar-refractivity contribution in [2.24, 2.45) is 0 Å². The standard InChI is InChI=1S/C16H13N3O3/c1-10-12(9-17)16(20)19-18-13(10)4-2-11-3-5-14-15(8-11)22-7-6-21-14/h2-5,8H,6-7H2,1H3,(H,19,20). The Balaban J connectivity index is 1.92. The first kappa shape index (κ1) is 13.9. The second-order valence-electron chi connectivity index (χ2n) is 4.79. The molecule has 2 aromatic rings. The fourth-order valence-electron chi connectivity index (χ4n) is 2.18. The molecule has 0 saturated heterocycles. The van der Waals surface area contributed by atoms with E-state index < -0.39 is 5.56 Å². The fourth-order valence-corrected chi connectivity index (χ4v) is 2.18. The van der Waals surface area contributed by atoms with Crippen LogP contribution < -0.4 is 15.0 Å². The number of nitrogens with zero attached hydrogens (tertiary/aromatic N) is 2. The van der Waals surface area contributed by atoms with Crippen molar-refractivity contribution in [2.75, 3.05) is 13.2 Å². The van der Waals surface area contributed by atoms with E-state index in [9.17, 15) is 4.79 Å². The molecule has 0 aliphatic carbocycles. The van der Waals surface area contributed by atoms with E-state index >= 15 is 0 Å². The van der Waals surface area contributed by atoms with Gasteiger partial charge in [-0.15, -0.1) is 0 Å². The average molecular weight is 295 g/mol. The molecule has 0 bridgehead atoms. The highest BCUT2D eigenvalue weighted by atomic mass is 16.6. The number of aromatic amines is 1. The molecule has 1 N–H and O–H groups in total. The zero-order valence-corrected chi connectivity index (χ0v) is 11.9. The normalized spacial score (nSPS) is 13.1. The van der Waals surface area contributed by atoms with Gasteiger partial charge in [-0.25, -0.2) is 5.10 Å². The van der Waals surface area contributed by atoms with Gasteiger partial charge >= 0.3 is 0 Å². The lowest BCUT2D eigenvalue weighted by atomic mass is 10.1. The van der Waals surface area contributed by atoms with Crippen LogP contribution in [0.4, 0.5) is 0 Å². The molecule has 3 rings (SSSR count). The highest BCUT2D eigenvalue weighted by Crippen LogP contribution is 2.31. The van der Waals surface area contributed by atoms with E-state index in [4.69, 9.17) is 14.7 Å². The van der Waals surface area contributed by atoms with Crippen molar-refractivity contribution in [1.82, 2.24) is 10.2 Å². The molecule has 6 nitrogen and oxygen atoms in total. The largest absolute Gasteiger partial charge is 0.486 e. The Kier molecular flexibility index (Phi) is 3.62. The molecule has 0 radical (unpaired) electrons. The fraction of sp³-hybridized carbons (Fsp3) is 0.188. The van der Waals surface area contributed by atoms with E-state index in [0.29, 0.717) is 30.2 Å². The van der Waals surface area contributed by atoms with Crippen LogP contribution in [-0.4, -0.2) is 23.4 Å². The molecule has 0 saturated carbocycles. The van der Waals surface area contributed by atoms with E-state index in [0.717, 1.165) is 11.3 Å². The second-order valence-corrected chi connectivity index (χ2v) is 4.79. The van der Waals surface area contributed by atoms with Crippen LogP contribution >= 0.6 is 0 Å². The molecule has 110 valence electrons. The molecule has 1 aromatic carbocycles. The lowest BCUT2D eigenvalue weighted by Crippen LogP contribution is -2.15. The van der Waals surface area contributed by atoms with E-state index in [1.165, 1.54) is 0 Å². The third kappa shape index (κ3) is 2.56. The van der Waals surface area contributed by atoms with Gasteiger partial charge in [-0.05, 0) is 36.3 Å². The molecule has 0 fully saturated rings. The van der Waals surface area contributed by atoms with Crippen molar-refractivity contribution in [3.05, 3.63) is 50.9 Å². The number of ether oxygens (including phenoxy) is 2. The van der Waals surface area contributed by atoms with Crippen molar-refractivity contribution < 1.29 is 9.47 Å². The molecule has 22 heavy (non-hydrogen) atoms. The molecule has 0 unspecified atom stereocenters. The van der Waals surface area contributed by atoms with Crippen LogP contribution in [0, 0.1) is 18.3 Å². The van der Waals surface area contributed by atoms with Crippen LogP contribution in [0.2, 0.25) is 0 Å². The Morgan fingerprint density at radius 1 is 1.27 bits per heavy atom. The number of aromatic nitrogens is 2. The zero-order chi connectivity index (χ0) is 15.5. The SMILES string of the molecule is Cc1c(C=Cc2ccc3c(c2)OCCO3)n[nH]c(=O)c1C#N. The third-order valence-electron chi connectivity index (χ3n) is 3.38. The summed E-state index contributed by atoms with van der Waals surface area (Å²) in [5, 5.41) is 15.3. The van der Waals surface area contributed by atoms with Crippen LogP contribution in [0.15, 0.2) is 23.0 Å². The summed E-state index contributed by atoms with van der Waals surface area (Å²) in [7, 11) is 0. The summed E-state index contributed by atoms with van der Waals surface area (Å²) in [6, 6.07) is 7.51. The van der Waals surface area contributed by atoms with Crippen LogP contribution in [-0.2, 0) is 0 Å². The quantitative estimate of drug-likeness (QED) is 0.914. The minimum atomic E-state index is -0.475. The number of hydrogen-bond acceptors (Lipinski definition) is 5. The number of benzene rings is 1. The molecule has 1 aliphatic rings. The average Bonchev–Trinajstić information content (AvgIpc) is 2.54. The monoisotopic (exact) mass is 295 g/mol. The molecule has 0 amide bonds. The van der Waals surface area contributed by atoms with E-state index in [2.05, 4.69) is 10.2 Å². The Morgan fingerprint density at radius 2 is 2.05 bits per heavy atom. The van der Waals surface area contributed by atoms with Crippen LogP contribution in [0.1, 0.15) is 22.4 Å². The van der Waals surface area contributed by atoms with E-state index in [1.807, 2.05) is 30.3 Å². The van der Waals surface area contributed by atoms with Crippen molar-refractivity contribution in [3.8, 4) is 17.6 Å². The number of fused-ring (bicyclic) bond motifs is 1. The smallest absolute Gasteiger partial charge is 0.282 e. The van der Waals surface area contributed by atoms with Gasteiger partial charge in [-0.3, -0.25) is 4.79 Å². The maximum atomic E-state index is 11.5. The molecule has 1 aliphatic heterocycles. The number of nitriles is 1. The van der Waals surface area contributed by atoms with Crippen molar-refractivity contribution in [1.29, 1.82) is 5.26 Å². The lowest BCUT2D eigenvalue weighted by molar-refractivity contribution is 0.171. The summed E-state index contributed by atoms with van der Waals surface area (Å²) >= 11 is 0. The van der Waals surface area contributed by atoms with E-state index in [1.54, 1.807) is 13.0 Å². The maximum absolute atomic E-state index is 11.5. The summed E-state index contributed by atoms with van der Waals surface area (Å²) in [6.07, 6.45) is 3.59. The summed E-state index contributed by atoms with van der Waals surface area (Å²) in [6.45, 7) is 2.79. The highest BCUT2D eigenvalue weighted by molar-refractivity contribution is 5.71. The molecule has 6 heteroatoms. The first-order valence-electron chi connectivity index (χ1n) is 6.76. The van der Waals surface area contributed by atoms with Gasteiger partial charge in [0.05, 0.1) is 5.69 Å². The zero-order valence-electron chi connectivity index (χ0n) is 11.9. The van der Waals surface area contributed by atoms with E-state index in [-0.39, 0.29) is 5.56 Å². The number of H-pyrrole nitrogens is 1. The number of hydrogen-bond donors (Lipinski definition) is 1. The molecular weight excluding hydrogens is 282 g/mol. The van der Waals surface area contributed by atoms with Crippen molar-refractivity contribution in [3.63, 3.8) is 0 Å². The van der Waals surface area contributed by atoms with Gasteiger partial charge in [0.15, 0.2) is 11.5 Å². The summed E-state index contributed by atoms with van der Waals surface area (Å²) in [5.41, 5.74) is 1.62.